The lowest BCUT2D eigenvalue weighted by atomic mass is 10.1. The van der Waals surface area contributed by atoms with Crippen LogP contribution < -0.4 is 14.2 Å². The first-order valence-corrected chi connectivity index (χ1v) is 9.80. The van der Waals surface area contributed by atoms with Crippen molar-refractivity contribution in [2.45, 2.75) is 6.92 Å². The molecule has 2 aromatic carbocycles. The van der Waals surface area contributed by atoms with Crippen molar-refractivity contribution in [3.63, 3.8) is 0 Å². The summed E-state index contributed by atoms with van der Waals surface area (Å²) in [4.78, 5) is 29.0. The van der Waals surface area contributed by atoms with Crippen LogP contribution in [0, 0.1) is 12.7 Å². The second-order valence-electron chi connectivity index (χ2n) is 7.25. The Morgan fingerprint density at radius 3 is 2.20 bits per heavy atom. The minimum Gasteiger partial charge on any atom is -0.493 e. The van der Waals surface area contributed by atoms with E-state index in [9.17, 15) is 14.0 Å². The second-order valence-corrected chi connectivity index (χ2v) is 7.25. The molecule has 30 heavy (non-hydrogen) atoms. The normalized spacial score (nSPS) is 15.7. The summed E-state index contributed by atoms with van der Waals surface area (Å²) in [6, 6.07) is 7.78. The smallest absolute Gasteiger partial charge is 0.254 e. The van der Waals surface area contributed by atoms with Crippen LogP contribution in [0.25, 0.3) is 0 Å². The van der Waals surface area contributed by atoms with E-state index in [0.717, 1.165) is 0 Å². The average Bonchev–Trinajstić information content (AvgIpc) is 2.79. The molecule has 0 aromatic heterocycles. The third-order valence-corrected chi connectivity index (χ3v) is 5.35. The molecule has 0 bridgehead atoms. The van der Waals surface area contributed by atoms with Crippen molar-refractivity contribution in [3.05, 3.63) is 52.8 Å². The third-order valence-electron chi connectivity index (χ3n) is 5.35. The van der Waals surface area contributed by atoms with Gasteiger partial charge in [-0.15, -0.1) is 0 Å². The number of methoxy groups -OCH3 is 1. The summed E-state index contributed by atoms with van der Waals surface area (Å²) in [6.07, 6.45) is 0. The average molecular weight is 414 g/mol. The van der Waals surface area contributed by atoms with Gasteiger partial charge < -0.3 is 24.0 Å². The first-order chi connectivity index (χ1) is 14.5. The van der Waals surface area contributed by atoms with Crippen molar-refractivity contribution in [1.82, 2.24) is 9.80 Å². The minimum absolute atomic E-state index is 0.168. The van der Waals surface area contributed by atoms with E-state index in [4.69, 9.17) is 14.2 Å². The van der Waals surface area contributed by atoms with E-state index >= 15 is 0 Å². The lowest BCUT2D eigenvalue weighted by Crippen LogP contribution is -2.50. The van der Waals surface area contributed by atoms with Crippen LogP contribution in [0.4, 0.5) is 4.39 Å². The Hall–Kier alpha value is -3.29. The van der Waals surface area contributed by atoms with Crippen LogP contribution in [0.5, 0.6) is 17.2 Å². The van der Waals surface area contributed by atoms with Crippen molar-refractivity contribution in [2.75, 3.05) is 46.5 Å². The number of piperazine rings is 1. The van der Waals surface area contributed by atoms with Gasteiger partial charge in [-0.25, -0.2) is 4.39 Å². The van der Waals surface area contributed by atoms with Crippen molar-refractivity contribution in [1.29, 1.82) is 0 Å². The first kappa shape index (κ1) is 20.0. The fourth-order valence-electron chi connectivity index (χ4n) is 3.60. The molecule has 0 spiro atoms. The molecule has 8 heteroatoms. The van der Waals surface area contributed by atoms with E-state index in [0.29, 0.717) is 73.3 Å². The molecule has 0 saturated carbocycles. The zero-order valence-electron chi connectivity index (χ0n) is 16.9. The number of hydrogen-bond donors (Lipinski definition) is 0. The Balaban J connectivity index is 1.44. The zero-order valence-corrected chi connectivity index (χ0v) is 16.9. The lowest BCUT2D eigenvalue weighted by Gasteiger charge is -2.35. The number of ether oxygens (including phenoxy) is 3. The van der Waals surface area contributed by atoms with Crippen molar-refractivity contribution < 1.29 is 28.2 Å². The summed E-state index contributed by atoms with van der Waals surface area (Å²) in [5.41, 5.74) is 1.25. The molecule has 4 rings (SSSR count). The highest BCUT2D eigenvalue weighted by molar-refractivity contribution is 5.97. The Labute approximate surface area is 173 Å². The molecule has 0 aliphatic carbocycles. The highest BCUT2D eigenvalue weighted by Gasteiger charge is 2.28. The molecule has 0 atom stereocenters. The highest BCUT2D eigenvalue weighted by Crippen LogP contribution is 2.40. The van der Waals surface area contributed by atoms with Gasteiger partial charge in [-0.2, -0.15) is 0 Å². The number of aryl methyl sites for hydroxylation is 1. The SMILES string of the molecule is COc1cc(C(=O)N2CCN(C(=O)c3ccc(C)c(F)c3)CC2)cc2c1OCCO2. The summed E-state index contributed by atoms with van der Waals surface area (Å²) in [5, 5.41) is 0. The topological polar surface area (TPSA) is 68.3 Å². The van der Waals surface area contributed by atoms with Gasteiger partial charge in [-0.05, 0) is 36.8 Å². The molecule has 2 aliphatic rings. The largest absolute Gasteiger partial charge is 0.493 e. The van der Waals surface area contributed by atoms with Crippen LogP contribution in [0.15, 0.2) is 30.3 Å². The van der Waals surface area contributed by atoms with E-state index in [-0.39, 0.29) is 11.8 Å². The van der Waals surface area contributed by atoms with Gasteiger partial charge in [0.1, 0.15) is 19.0 Å². The Kier molecular flexibility index (Phi) is 5.48. The summed E-state index contributed by atoms with van der Waals surface area (Å²) < 4.78 is 30.3. The van der Waals surface area contributed by atoms with Crippen molar-refractivity contribution in [2.24, 2.45) is 0 Å². The Morgan fingerprint density at radius 1 is 0.933 bits per heavy atom. The number of amides is 2. The fraction of sp³-hybridized carbons (Fsp3) is 0.364. The van der Waals surface area contributed by atoms with Crippen LogP contribution in [-0.2, 0) is 0 Å². The first-order valence-electron chi connectivity index (χ1n) is 9.80. The van der Waals surface area contributed by atoms with Crippen LogP contribution in [0.1, 0.15) is 26.3 Å². The summed E-state index contributed by atoms with van der Waals surface area (Å²) >= 11 is 0. The Morgan fingerprint density at radius 2 is 1.57 bits per heavy atom. The quantitative estimate of drug-likeness (QED) is 0.772. The maximum atomic E-state index is 13.8. The van der Waals surface area contributed by atoms with E-state index in [2.05, 4.69) is 0 Å². The van der Waals surface area contributed by atoms with E-state index in [1.807, 2.05) is 0 Å². The molecule has 2 aliphatic heterocycles. The summed E-state index contributed by atoms with van der Waals surface area (Å²) in [6.45, 7) is 4.02. The molecule has 0 radical (unpaired) electrons. The van der Waals surface area contributed by atoms with Gasteiger partial charge in [0, 0.05) is 37.3 Å². The van der Waals surface area contributed by atoms with Crippen LogP contribution in [0.2, 0.25) is 0 Å². The van der Waals surface area contributed by atoms with E-state index in [1.165, 1.54) is 13.2 Å². The van der Waals surface area contributed by atoms with E-state index < -0.39 is 5.82 Å². The third kappa shape index (κ3) is 3.77. The predicted octanol–water partition coefficient (Wildman–Crippen LogP) is 2.51. The van der Waals surface area contributed by atoms with Gasteiger partial charge in [0.05, 0.1) is 7.11 Å². The number of nitrogens with zero attached hydrogens (tertiary/aromatic N) is 2. The molecular formula is C22H23FN2O5. The van der Waals surface area contributed by atoms with E-state index in [1.54, 1.807) is 41.0 Å². The number of rotatable bonds is 3. The summed E-state index contributed by atoms with van der Waals surface area (Å²) in [5.74, 6) is 0.633. The molecule has 1 fully saturated rings. The van der Waals surface area contributed by atoms with Gasteiger partial charge in [-0.3, -0.25) is 9.59 Å². The van der Waals surface area contributed by atoms with Crippen LogP contribution in [0.3, 0.4) is 0 Å². The minimum atomic E-state index is -0.401. The molecule has 0 N–H and O–H groups in total. The predicted molar refractivity (Wildman–Crippen MR) is 107 cm³/mol. The molecule has 7 nitrogen and oxygen atoms in total. The number of halogens is 1. The maximum Gasteiger partial charge on any atom is 0.254 e. The van der Waals surface area contributed by atoms with Gasteiger partial charge in [0.15, 0.2) is 11.5 Å². The number of hydrogen-bond acceptors (Lipinski definition) is 5. The summed E-state index contributed by atoms with van der Waals surface area (Å²) in [7, 11) is 1.51. The number of carbonyl (C=O) groups excluding carboxylic acids is 2. The monoisotopic (exact) mass is 414 g/mol. The zero-order chi connectivity index (χ0) is 21.3. The lowest BCUT2D eigenvalue weighted by molar-refractivity contribution is 0.0534. The fourth-order valence-corrected chi connectivity index (χ4v) is 3.60. The molecular weight excluding hydrogens is 391 g/mol. The van der Waals surface area contributed by atoms with Gasteiger partial charge in [-0.1, -0.05) is 6.07 Å². The molecule has 2 aromatic rings. The highest BCUT2D eigenvalue weighted by atomic mass is 19.1. The molecule has 2 amide bonds. The second kappa shape index (κ2) is 8.22. The number of carbonyl (C=O) groups is 2. The van der Waals surface area contributed by atoms with Crippen molar-refractivity contribution >= 4 is 11.8 Å². The van der Waals surface area contributed by atoms with Crippen LogP contribution in [-0.4, -0.2) is 68.1 Å². The van der Waals surface area contributed by atoms with Gasteiger partial charge in [0.2, 0.25) is 5.75 Å². The van der Waals surface area contributed by atoms with Gasteiger partial charge >= 0.3 is 0 Å². The standard InChI is InChI=1S/C22H23FN2O5/c1-14-3-4-15(11-17(14)23)21(26)24-5-7-25(8-6-24)22(27)16-12-18(28-2)20-19(13-16)29-9-10-30-20/h3-4,11-13H,5-10H2,1-2H3. The maximum absolute atomic E-state index is 13.8. The van der Waals surface area contributed by atoms with Gasteiger partial charge in [0.25, 0.3) is 11.8 Å². The molecule has 2 heterocycles. The molecule has 0 unspecified atom stereocenters. The van der Waals surface area contributed by atoms with Crippen LogP contribution >= 0.6 is 0 Å². The Bertz CT molecular complexity index is 968. The number of benzene rings is 2. The van der Waals surface area contributed by atoms with Crippen molar-refractivity contribution in [3.8, 4) is 17.2 Å². The molecule has 1 saturated heterocycles. The molecule has 158 valence electrons. The number of fused-ring (bicyclic) bond motifs is 1.